The lowest BCUT2D eigenvalue weighted by atomic mass is 10.2. The number of carboxylic acid groups (broad SMARTS) is 4. The van der Waals surface area contributed by atoms with Crippen molar-refractivity contribution in [1.29, 1.82) is 0 Å². The van der Waals surface area contributed by atoms with Gasteiger partial charge in [0.1, 0.15) is 18.1 Å². The highest BCUT2D eigenvalue weighted by atomic mass is 33.1. The van der Waals surface area contributed by atoms with E-state index in [9.17, 15) is 19.2 Å². The van der Waals surface area contributed by atoms with Crippen LogP contribution in [0, 0.1) is 0 Å². The Hall–Kier alpha value is -1.62. The Bertz CT molecular complexity index is 505. The minimum atomic E-state index is -1.07. The van der Waals surface area contributed by atoms with E-state index >= 15 is 0 Å². The normalized spacial score (nSPS) is 19.6. The van der Waals surface area contributed by atoms with Crippen molar-refractivity contribution < 1.29 is 44.7 Å². The van der Waals surface area contributed by atoms with E-state index in [1.54, 1.807) is 7.05 Å². The first-order valence-corrected chi connectivity index (χ1v) is 10.6. The maximum absolute atomic E-state index is 10.3. The van der Waals surface area contributed by atoms with Crippen LogP contribution in [0.5, 0.6) is 0 Å². The van der Waals surface area contributed by atoms with Gasteiger partial charge in [-0.2, -0.15) is 0 Å². The second-order valence-electron chi connectivity index (χ2n) is 5.57. The quantitative estimate of drug-likeness (QED) is 0.119. The zero-order valence-corrected chi connectivity index (χ0v) is 17.3. The van der Waals surface area contributed by atoms with Gasteiger partial charge in [0.25, 0.3) is 0 Å². The molecule has 0 saturated carbocycles. The van der Waals surface area contributed by atoms with Gasteiger partial charge in [0, 0.05) is 24.5 Å². The van der Waals surface area contributed by atoms with Gasteiger partial charge >= 0.3 is 23.9 Å². The first-order chi connectivity index (χ1) is 13.4. The van der Waals surface area contributed by atoms with Gasteiger partial charge in [0.05, 0.1) is 12.6 Å². The molecule has 15 heteroatoms. The number of aliphatic hydroxyl groups excluding tert-OH is 1. The van der Waals surface area contributed by atoms with E-state index in [1.165, 1.54) is 21.6 Å². The van der Waals surface area contributed by atoms with Gasteiger partial charge in [-0.05, 0) is 7.05 Å². The molecule has 0 aromatic heterocycles. The van der Waals surface area contributed by atoms with Gasteiger partial charge < -0.3 is 47.6 Å². The van der Waals surface area contributed by atoms with Crippen molar-refractivity contribution in [1.82, 2.24) is 10.6 Å². The van der Waals surface area contributed by atoms with Crippen LogP contribution in [0.3, 0.4) is 0 Å². The Morgan fingerprint density at radius 2 is 1.48 bits per heavy atom. The van der Waals surface area contributed by atoms with Gasteiger partial charge in [-0.15, -0.1) is 0 Å². The van der Waals surface area contributed by atoms with E-state index in [2.05, 4.69) is 10.6 Å². The molecule has 0 amide bonds. The molecular formula is C14H28N4O9S2. The van der Waals surface area contributed by atoms with Crippen LogP contribution in [0.15, 0.2) is 0 Å². The molecule has 0 bridgehead atoms. The number of β-amino-alcohol motifs (C(OH)–C–C–N with tert-alkyl or cyclic N) is 1. The third kappa shape index (κ3) is 18.2. The van der Waals surface area contributed by atoms with Crippen molar-refractivity contribution in [2.75, 3.05) is 31.6 Å². The molecule has 2 unspecified atom stereocenters. The smallest absolute Gasteiger partial charge is 0.321 e. The van der Waals surface area contributed by atoms with Crippen LogP contribution in [0.4, 0.5) is 0 Å². The van der Waals surface area contributed by atoms with Gasteiger partial charge in [-0.1, -0.05) is 21.6 Å². The van der Waals surface area contributed by atoms with E-state index in [0.717, 1.165) is 0 Å². The molecule has 1 aliphatic heterocycles. The summed E-state index contributed by atoms with van der Waals surface area (Å²) >= 11 is 0. The van der Waals surface area contributed by atoms with E-state index in [4.69, 9.17) is 37.0 Å². The van der Waals surface area contributed by atoms with Gasteiger partial charge in [0.15, 0.2) is 0 Å². The fourth-order valence-corrected chi connectivity index (χ4v) is 3.67. The number of carboxylic acids is 4. The molecule has 0 aromatic carbocycles. The number of hydrogen-bond donors (Lipinski definition) is 9. The molecule has 1 saturated heterocycles. The van der Waals surface area contributed by atoms with Crippen molar-refractivity contribution >= 4 is 45.5 Å². The lowest BCUT2D eigenvalue weighted by Gasteiger charge is -2.07. The van der Waals surface area contributed by atoms with E-state index < -0.39 is 48.1 Å². The maximum atomic E-state index is 10.3. The van der Waals surface area contributed by atoms with Crippen LogP contribution in [0.1, 0.15) is 6.42 Å². The first kappa shape index (κ1) is 29.6. The van der Waals surface area contributed by atoms with Crippen LogP contribution in [-0.4, -0.2) is 105 Å². The zero-order chi connectivity index (χ0) is 23.0. The maximum Gasteiger partial charge on any atom is 0.321 e. The number of rotatable bonds is 10. The van der Waals surface area contributed by atoms with Crippen molar-refractivity contribution in [2.24, 2.45) is 11.5 Å². The molecule has 4 atom stereocenters. The van der Waals surface area contributed by atoms with Crippen LogP contribution in [-0.2, 0) is 19.2 Å². The highest BCUT2D eigenvalue weighted by Crippen LogP contribution is 2.22. The van der Waals surface area contributed by atoms with Crippen molar-refractivity contribution in [3.8, 4) is 0 Å². The number of likely N-dealkylation sites (N-methyl/N-ethyl adjacent to an activating group) is 1. The summed E-state index contributed by atoms with van der Waals surface area (Å²) in [5.41, 5.74) is 10.4. The second kappa shape index (κ2) is 17.3. The summed E-state index contributed by atoms with van der Waals surface area (Å²) in [4.78, 5) is 40.2. The minimum absolute atomic E-state index is 0.0417. The largest absolute Gasteiger partial charge is 0.480 e. The molecule has 13 nitrogen and oxygen atoms in total. The number of nitrogens with two attached hydrogens (primary N) is 2. The number of nitrogens with one attached hydrogen (secondary N) is 2. The first-order valence-electron chi connectivity index (χ1n) is 8.14. The predicted octanol–water partition coefficient (Wildman–Crippen LogP) is -2.72. The molecule has 1 rings (SSSR count). The number of hydrogen-bond acceptors (Lipinski definition) is 11. The molecule has 11 N–H and O–H groups in total. The summed E-state index contributed by atoms with van der Waals surface area (Å²) in [7, 11) is 4.00. The summed E-state index contributed by atoms with van der Waals surface area (Å²) in [6.07, 6.45) is -0.152. The summed E-state index contributed by atoms with van der Waals surface area (Å²) in [6, 6.07) is -2.39. The standard InChI is InChI=1S/C6H12N2O4S2.C5H9NO3.C3H7NO2/c7-3(5(9)10)1-13-14-2-4(8)6(11)12;7-3-1-4(5(8)9)6-2-3;1-4-2-3(5)6/h3-4H,1-2,7-8H2,(H,9,10)(H,11,12);3-4,6-7H,1-2H2,(H,8,9);4H,2H2,1H3,(H,5,6)/t;3-,4+;/m.1./s1. The molecule has 29 heavy (non-hydrogen) atoms. The average molecular weight is 461 g/mol. The van der Waals surface area contributed by atoms with Crippen molar-refractivity contribution in [3.05, 3.63) is 0 Å². The average Bonchev–Trinajstić information content (AvgIpc) is 3.06. The minimum Gasteiger partial charge on any atom is -0.480 e. The fourth-order valence-electron chi connectivity index (χ4n) is 1.44. The molecule has 0 radical (unpaired) electrons. The van der Waals surface area contributed by atoms with E-state index in [1.807, 2.05) is 0 Å². The highest BCUT2D eigenvalue weighted by molar-refractivity contribution is 8.76. The highest BCUT2D eigenvalue weighted by Gasteiger charge is 2.27. The molecule has 0 aliphatic carbocycles. The van der Waals surface area contributed by atoms with Crippen LogP contribution < -0.4 is 22.1 Å². The SMILES string of the molecule is CNCC(=O)O.NC(CSSCC(N)C(=O)O)C(=O)O.O=C(O)[C@@H]1C[C@@H](O)CN1. The van der Waals surface area contributed by atoms with E-state index in [0.29, 0.717) is 13.0 Å². The second-order valence-corrected chi connectivity index (χ2v) is 8.12. The van der Waals surface area contributed by atoms with Gasteiger partial charge in [-0.25, -0.2) is 0 Å². The lowest BCUT2D eigenvalue weighted by Crippen LogP contribution is -2.33. The van der Waals surface area contributed by atoms with Gasteiger partial charge in [-0.3, -0.25) is 19.2 Å². The predicted molar refractivity (Wildman–Crippen MR) is 108 cm³/mol. The molecule has 170 valence electrons. The number of aliphatic hydroxyl groups is 1. The molecule has 1 aliphatic rings. The Kier molecular flexibility index (Phi) is 17.6. The summed E-state index contributed by atoms with van der Waals surface area (Å²) in [5.74, 6) is -3.39. The Morgan fingerprint density at radius 3 is 1.66 bits per heavy atom. The monoisotopic (exact) mass is 460 g/mol. The number of aliphatic carboxylic acids is 4. The lowest BCUT2D eigenvalue weighted by molar-refractivity contribution is -0.139. The number of carbonyl (C=O) groups is 4. The Balaban J connectivity index is 0. The fraction of sp³-hybridized carbons (Fsp3) is 0.714. The van der Waals surface area contributed by atoms with E-state index in [-0.39, 0.29) is 18.1 Å². The molecule has 0 spiro atoms. The summed E-state index contributed by atoms with van der Waals surface area (Å²) in [5, 5.41) is 47.0. The van der Waals surface area contributed by atoms with Crippen LogP contribution >= 0.6 is 21.6 Å². The molecule has 1 fully saturated rings. The zero-order valence-electron chi connectivity index (χ0n) is 15.7. The third-order valence-electron chi connectivity index (χ3n) is 2.95. The Morgan fingerprint density at radius 1 is 1.03 bits per heavy atom. The van der Waals surface area contributed by atoms with Crippen molar-refractivity contribution in [3.63, 3.8) is 0 Å². The summed E-state index contributed by atoms with van der Waals surface area (Å²) < 4.78 is 0. The summed E-state index contributed by atoms with van der Waals surface area (Å²) in [6.45, 7) is 0.441. The third-order valence-corrected chi connectivity index (χ3v) is 5.42. The van der Waals surface area contributed by atoms with Crippen molar-refractivity contribution in [2.45, 2.75) is 30.7 Å². The molecular weight excluding hydrogens is 432 g/mol. The van der Waals surface area contributed by atoms with Crippen LogP contribution in [0.25, 0.3) is 0 Å². The topological polar surface area (TPSA) is 246 Å². The molecule has 1 heterocycles. The Labute approximate surface area is 175 Å². The molecule has 0 aromatic rings. The van der Waals surface area contributed by atoms with Crippen LogP contribution in [0.2, 0.25) is 0 Å². The van der Waals surface area contributed by atoms with Gasteiger partial charge in [0.2, 0.25) is 0 Å².